The van der Waals surface area contributed by atoms with E-state index in [4.69, 9.17) is 4.74 Å². The van der Waals surface area contributed by atoms with Crippen molar-refractivity contribution >= 4 is 10.8 Å². The van der Waals surface area contributed by atoms with Crippen LogP contribution in [0.5, 0.6) is 5.75 Å². The van der Waals surface area contributed by atoms with Gasteiger partial charge in [0.2, 0.25) is 0 Å². The predicted octanol–water partition coefficient (Wildman–Crippen LogP) is 10.9. The molecule has 6 aromatic rings. The summed E-state index contributed by atoms with van der Waals surface area (Å²) in [6, 6.07) is 51.2. The van der Waals surface area contributed by atoms with Crippen LogP contribution in [0.15, 0.2) is 163 Å². The van der Waals surface area contributed by atoms with Crippen LogP contribution in [0.2, 0.25) is 0 Å². The Morgan fingerprint density at radius 3 is 2.07 bits per heavy atom. The molecule has 2 aliphatic carbocycles. The van der Waals surface area contributed by atoms with Crippen molar-refractivity contribution in [3.8, 4) is 16.9 Å². The van der Waals surface area contributed by atoms with E-state index in [9.17, 15) is 0 Å². The zero-order valence-corrected chi connectivity index (χ0v) is 25.6. The van der Waals surface area contributed by atoms with Crippen LogP contribution in [0.4, 0.5) is 0 Å². The Bertz CT molecular complexity index is 2140. The van der Waals surface area contributed by atoms with E-state index in [1.165, 1.54) is 60.9 Å². The highest BCUT2D eigenvalue weighted by Gasteiger charge is 2.48. The Labute approximate surface area is 265 Å². The highest BCUT2D eigenvalue weighted by molar-refractivity contribution is 5.97. The number of allylic oxidation sites excluding steroid dienone is 4. The van der Waals surface area contributed by atoms with Gasteiger partial charge in [0.1, 0.15) is 11.5 Å². The molecule has 1 atom stereocenters. The number of hydrogen-bond donors (Lipinski definition) is 0. The van der Waals surface area contributed by atoms with Gasteiger partial charge in [-0.25, -0.2) is 0 Å². The van der Waals surface area contributed by atoms with E-state index < -0.39 is 5.41 Å². The van der Waals surface area contributed by atoms with E-state index in [0.717, 1.165) is 17.9 Å². The monoisotopic (exact) mass is 578 g/mol. The Morgan fingerprint density at radius 2 is 1.29 bits per heavy atom. The standard InChI is InChI=1S/C44H34O/c1-43(2)39-28-30(25-26-35(39)36-27-24-29-14-9-10-19-33(29)41(36)43)34-20-13-22-38-42(34)45-40-23-12-11-21-37(40)44(38,31-15-5-3-6-16-31)32-17-7-4-8-18-32/h3-19,21-28,34H,20H2,1-2H3. The molecular weight excluding hydrogens is 544 g/mol. The van der Waals surface area contributed by atoms with Crippen LogP contribution in [0, 0.1) is 0 Å². The van der Waals surface area contributed by atoms with E-state index in [-0.39, 0.29) is 11.3 Å². The number of rotatable bonds is 3. The smallest absolute Gasteiger partial charge is 0.131 e. The molecule has 9 rings (SSSR count). The molecule has 0 bridgehead atoms. The van der Waals surface area contributed by atoms with Crippen molar-refractivity contribution in [3.63, 3.8) is 0 Å². The second kappa shape index (κ2) is 9.68. The lowest BCUT2D eigenvalue weighted by molar-refractivity contribution is 0.344. The van der Waals surface area contributed by atoms with Gasteiger partial charge in [0.15, 0.2) is 0 Å². The molecule has 0 saturated carbocycles. The first-order valence-corrected chi connectivity index (χ1v) is 16.0. The fraction of sp³-hybridized carbons (Fsp3) is 0.136. The second-order valence-electron chi connectivity index (χ2n) is 13.2. The maximum absolute atomic E-state index is 7.02. The first-order valence-electron chi connectivity index (χ1n) is 16.0. The maximum Gasteiger partial charge on any atom is 0.131 e. The summed E-state index contributed by atoms with van der Waals surface area (Å²) in [5, 5.41) is 2.66. The fourth-order valence-electron chi connectivity index (χ4n) is 8.55. The molecule has 1 heteroatoms. The Hall–Kier alpha value is -5.14. The van der Waals surface area contributed by atoms with E-state index in [1.807, 2.05) is 0 Å². The topological polar surface area (TPSA) is 9.23 Å². The van der Waals surface area contributed by atoms with Crippen LogP contribution in [-0.2, 0) is 10.8 Å². The van der Waals surface area contributed by atoms with Crippen molar-refractivity contribution < 1.29 is 4.74 Å². The molecule has 0 spiro atoms. The van der Waals surface area contributed by atoms with Crippen molar-refractivity contribution in [2.24, 2.45) is 0 Å². The molecule has 1 unspecified atom stereocenters. The highest BCUT2D eigenvalue weighted by atomic mass is 16.5. The molecule has 0 fully saturated rings. The minimum atomic E-state index is -0.493. The SMILES string of the molecule is CC1(C)c2cc(C3CC=CC4=C3Oc3ccccc3C4(c3ccccc3)c3ccccc3)ccc2-c2ccc3ccccc3c21. The van der Waals surface area contributed by atoms with Crippen LogP contribution in [0.25, 0.3) is 21.9 Å². The summed E-state index contributed by atoms with van der Waals surface area (Å²) in [4.78, 5) is 0. The summed E-state index contributed by atoms with van der Waals surface area (Å²) < 4.78 is 7.02. The van der Waals surface area contributed by atoms with Crippen molar-refractivity contribution in [2.75, 3.05) is 0 Å². The average Bonchev–Trinajstić information content (AvgIpc) is 3.33. The number of hydrogen-bond acceptors (Lipinski definition) is 1. The number of benzene rings is 6. The van der Waals surface area contributed by atoms with E-state index in [2.05, 4.69) is 166 Å². The normalized spacial score (nSPS) is 18.5. The molecule has 0 N–H and O–H groups in total. The van der Waals surface area contributed by atoms with Gasteiger partial charge < -0.3 is 4.74 Å². The zero-order chi connectivity index (χ0) is 30.2. The molecule has 1 heterocycles. The van der Waals surface area contributed by atoms with Crippen molar-refractivity contribution in [1.82, 2.24) is 0 Å². The molecule has 3 aliphatic rings. The number of fused-ring (bicyclic) bond motifs is 6. The fourth-order valence-corrected chi connectivity index (χ4v) is 8.55. The van der Waals surface area contributed by atoms with Gasteiger partial charge in [0.05, 0.1) is 5.41 Å². The molecule has 0 saturated heterocycles. The summed E-state index contributed by atoms with van der Waals surface area (Å²) >= 11 is 0. The van der Waals surface area contributed by atoms with Crippen molar-refractivity contribution in [2.45, 2.75) is 37.0 Å². The summed E-state index contributed by atoms with van der Waals surface area (Å²) in [5.74, 6) is 2.10. The molecule has 0 amide bonds. The van der Waals surface area contributed by atoms with Gasteiger partial charge in [0.25, 0.3) is 0 Å². The lowest BCUT2D eigenvalue weighted by Crippen LogP contribution is -2.38. The highest BCUT2D eigenvalue weighted by Crippen LogP contribution is 2.57. The minimum absolute atomic E-state index is 0.103. The van der Waals surface area contributed by atoms with Crippen molar-refractivity contribution in [3.05, 3.63) is 196 Å². The molecule has 1 aliphatic heterocycles. The average molecular weight is 579 g/mol. The first kappa shape index (κ1) is 26.3. The van der Waals surface area contributed by atoms with Crippen molar-refractivity contribution in [1.29, 1.82) is 0 Å². The van der Waals surface area contributed by atoms with E-state index in [0.29, 0.717) is 0 Å². The number of ether oxygens (including phenoxy) is 1. The van der Waals surface area contributed by atoms with Gasteiger partial charge in [0, 0.05) is 22.5 Å². The molecule has 1 nitrogen and oxygen atoms in total. The van der Waals surface area contributed by atoms with Gasteiger partial charge in [-0.3, -0.25) is 0 Å². The Morgan fingerprint density at radius 1 is 0.622 bits per heavy atom. The zero-order valence-electron chi connectivity index (χ0n) is 25.6. The molecule has 216 valence electrons. The van der Waals surface area contributed by atoms with Crippen LogP contribution in [0.3, 0.4) is 0 Å². The van der Waals surface area contributed by atoms with Gasteiger partial charge in [-0.15, -0.1) is 0 Å². The first-order chi connectivity index (χ1) is 22.1. The third kappa shape index (κ3) is 3.61. The lowest BCUT2D eigenvalue weighted by Gasteiger charge is -2.44. The molecule has 0 radical (unpaired) electrons. The predicted molar refractivity (Wildman–Crippen MR) is 185 cm³/mol. The Kier molecular flexibility index (Phi) is 5.65. The molecule has 6 aromatic carbocycles. The summed E-state index contributed by atoms with van der Waals surface area (Å²) in [7, 11) is 0. The van der Waals surface area contributed by atoms with Crippen LogP contribution in [-0.4, -0.2) is 0 Å². The second-order valence-corrected chi connectivity index (χ2v) is 13.2. The summed E-state index contributed by atoms with van der Waals surface area (Å²) in [6.07, 6.45) is 5.60. The summed E-state index contributed by atoms with van der Waals surface area (Å²) in [5.41, 5.74) is 11.2. The van der Waals surface area contributed by atoms with Gasteiger partial charge in [-0.1, -0.05) is 159 Å². The quantitative estimate of drug-likeness (QED) is 0.203. The van der Waals surface area contributed by atoms with Gasteiger partial charge in [-0.05, 0) is 62.2 Å². The molecule has 0 aromatic heterocycles. The van der Waals surface area contributed by atoms with Crippen LogP contribution >= 0.6 is 0 Å². The lowest BCUT2D eigenvalue weighted by atomic mass is 9.61. The Balaban J connectivity index is 1.26. The molecule has 45 heavy (non-hydrogen) atoms. The number of para-hydroxylation sites is 1. The van der Waals surface area contributed by atoms with E-state index in [1.54, 1.807) is 0 Å². The van der Waals surface area contributed by atoms with Gasteiger partial charge in [-0.2, -0.15) is 0 Å². The largest absolute Gasteiger partial charge is 0.460 e. The summed E-state index contributed by atoms with van der Waals surface area (Å²) in [6.45, 7) is 4.78. The van der Waals surface area contributed by atoms with Crippen LogP contribution < -0.4 is 4.74 Å². The third-order valence-electron chi connectivity index (χ3n) is 10.5. The minimum Gasteiger partial charge on any atom is -0.460 e. The maximum atomic E-state index is 7.02. The third-order valence-corrected chi connectivity index (χ3v) is 10.5. The van der Waals surface area contributed by atoms with Crippen LogP contribution in [0.1, 0.15) is 59.6 Å². The van der Waals surface area contributed by atoms with Gasteiger partial charge >= 0.3 is 0 Å². The molecular formula is C44H34O. The van der Waals surface area contributed by atoms with E-state index >= 15 is 0 Å².